The molecule has 2 aliphatic rings. The van der Waals surface area contributed by atoms with Crippen molar-refractivity contribution in [2.75, 3.05) is 59.4 Å². The first-order chi connectivity index (χ1) is 18.9. The maximum Gasteiger partial charge on any atom is 0.416 e. The fourth-order valence-electron chi connectivity index (χ4n) is 5.46. The van der Waals surface area contributed by atoms with Crippen molar-refractivity contribution < 1.29 is 27.2 Å². The van der Waals surface area contributed by atoms with E-state index >= 15 is 0 Å². The molecule has 0 bridgehead atoms. The topological polar surface area (TPSA) is 47.1 Å². The molecule has 0 aromatic heterocycles. The zero-order valence-corrected chi connectivity index (χ0v) is 26.8. The van der Waals surface area contributed by atoms with E-state index in [9.17, 15) is 27.2 Å². The molecule has 2 fully saturated rings. The number of nitrogens with zero attached hydrogens (tertiary/aromatic N) is 4. The molecular formula is C29H37BrCl2F4N4O2. The van der Waals surface area contributed by atoms with Crippen LogP contribution >= 0.6 is 40.7 Å². The lowest BCUT2D eigenvalue weighted by molar-refractivity contribution is -0.137. The maximum absolute atomic E-state index is 13.6. The van der Waals surface area contributed by atoms with Crippen LogP contribution in [-0.4, -0.2) is 96.9 Å². The molecule has 2 saturated heterocycles. The average Bonchev–Trinajstić information content (AvgIpc) is 2.90. The van der Waals surface area contributed by atoms with Crippen molar-refractivity contribution in [2.24, 2.45) is 0 Å². The van der Waals surface area contributed by atoms with E-state index in [-0.39, 0.29) is 59.0 Å². The molecule has 4 rings (SSSR count). The van der Waals surface area contributed by atoms with Gasteiger partial charge in [0.15, 0.2) is 0 Å². The van der Waals surface area contributed by atoms with Gasteiger partial charge in [-0.05, 0) is 48.9 Å². The highest BCUT2D eigenvalue weighted by Gasteiger charge is 2.35. The Hall–Kier alpha value is -1.92. The van der Waals surface area contributed by atoms with Gasteiger partial charge in [0.2, 0.25) is 5.91 Å². The van der Waals surface area contributed by atoms with Crippen LogP contribution in [0.1, 0.15) is 47.2 Å². The molecule has 0 N–H and O–H groups in total. The zero-order chi connectivity index (χ0) is 29.0. The summed E-state index contributed by atoms with van der Waals surface area (Å²) in [6.07, 6.45) is -3.32. The number of alkyl halides is 3. The fraction of sp³-hybridized carbons (Fsp3) is 0.517. The van der Waals surface area contributed by atoms with Crippen molar-refractivity contribution in [3.63, 3.8) is 0 Å². The highest BCUT2D eigenvalue weighted by Crippen LogP contribution is 2.32. The predicted octanol–water partition coefficient (Wildman–Crippen LogP) is 5.93. The van der Waals surface area contributed by atoms with Crippen molar-refractivity contribution in [1.29, 1.82) is 0 Å². The number of hydrogen-bond acceptors (Lipinski definition) is 4. The first-order valence-corrected chi connectivity index (χ1v) is 14.4. The molecule has 0 aliphatic carbocycles. The molecule has 0 spiro atoms. The summed E-state index contributed by atoms with van der Waals surface area (Å²) in [6, 6.07) is 9.83. The van der Waals surface area contributed by atoms with E-state index in [1.54, 1.807) is 19.2 Å². The monoisotopic (exact) mass is 698 g/mol. The van der Waals surface area contributed by atoms with Crippen molar-refractivity contribution >= 4 is 52.6 Å². The van der Waals surface area contributed by atoms with E-state index in [0.29, 0.717) is 18.9 Å². The van der Waals surface area contributed by atoms with Crippen LogP contribution in [0.4, 0.5) is 17.6 Å². The lowest BCUT2D eigenvalue weighted by Gasteiger charge is -2.48. The minimum absolute atomic E-state index is 0. The third-order valence-corrected chi connectivity index (χ3v) is 8.33. The number of amides is 2. The molecule has 0 radical (unpaired) electrons. The summed E-state index contributed by atoms with van der Waals surface area (Å²) in [5, 5.41) is 0. The molecule has 13 heteroatoms. The number of likely N-dealkylation sites (tertiary alicyclic amines) is 1. The molecule has 2 amide bonds. The minimum Gasteiger partial charge on any atom is -0.341 e. The molecule has 2 aromatic rings. The van der Waals surface area contributed by atoms with Crippen LogP contribution in [0.3, 0.4) is 0 Å². The lowest BCUT2D eigenvalue weighted by atomic mass is 9.93. The first kappa shape index (κ1) is 36.3. The molecule has 1 atom stereocenters. The molecule has 42 heavy (non-hydrogen) atoms. The highest BCUT2D eigenvalue weighted by molar-refractivity contribution is 9.10. The molecule has 2 heterocycles. The number of benzene rings is 2. The smallest absolute Gasteiger partial charge is 0.341 e. The van der Waals surface area contributed by atoms with E-state index in [1.807, 2.05) is 11.8 Å². The van der Waals surface area contributed by atoms with Crippen molar-refractivity contribution in [1.82, 2.24) is 19.6 Å². The fourth-order valence-corrected chi connectivity index (χ4v) is 5.96. The van der Waals surface area contributed by atoms with Gasteiger partial charge in [-0.1, -0.05) is 35.0 Å². The Morgan fingerprint density at radius 3 is 2.21 bits per heavy atom. The summed E-state index contributed by atoms with van der Waals surface area (Å²) in [4.78, 5) is 33.2. The summed E-state index contributed by atoms with van der Waals surface area (Å²) in [7, 11) is 1.58. The first-order valence-electron chi connectivity index (χ1n) is 13.6. The Morgan fingerprint density at radius 1 is 1.02 bits per heavy atom. The van der Waals surface area contributed by atoms with Crippen LogP contribution in [-0.2, 0) is 11.0 Å². The largest absolute Gasteiger partial charge is 0.416 e. The summed E-state index contributed by atoms with van der Waals surface area (Å²) < 4.78 is 53.7. The van der Waals surface area contributed by atoms with E-state index in [2.05, 4.69) is 25.7 Å². The van der Waals surface area contributed by atoms with E-state index in [0.717, 1.165) is 63.5 Å². The number of hydrogen-bond donors (Lipinski definition) is 0. The van der Waals surface area contributed by atoms with E-state index < -0.39 is 17.6 Å². The summed E-state index contributed by atoms with van der Waals surface area (Å²) in [5.41, 5.74) is -0.0622. The molecule has 2 aromatic carbocycles. The Kier molecular flexibility index (Phi) is 13.6. The highest BCUT2D eigenvalue weighted by atomic mass is 79.9. The van der Waals surface area contributed by atoms with Gasteiger partial charge in [-0.25, -0.2) is 4.39 Å². The van der Waals surface area contributed by atoms with Gasteiger partial charge >= 0.3 is 6.18 Å². The van der Waals surface area contributed by atoms with E-state index in [4.69, 9.17) is 0 Å². The molecule has 0 saturated carbocycles. The third-order valence-electron chi connectivity index (χ3n) is 7.87. The minimum atomic E-state index is -4.57. The Bertz CT molecular complexity index is 1190. The number of halogens is 7. The second-order valence-corrected chi connectivity index (χ2v) is 11.5. The van der Waals surface area contributed by atoms with Crippen molar-refractivity contribution in [2.45, 2.75) is 37.9 Å². The number of carbonyl (C=O) groups is 2. The van der Waals surface area contributed by atoms with Crippen LogP contribution in [0.15, 0.2) is 46.9 Å². The second kappa shape index (κ2) is 15.7. The lowest BCUT2D eigenvalue weighted by Crippen LogP contribution is -2.63. The maximum atomic E-state index is 13.6. The number of rotatable bonds is 9. The van der Waals surface area contributed by atoms with Crippen LogP contribution in [0.5, 0.6) is 0 Å². The predicted molar refractivity (Wildman–Crippen MR) is 163 cm³/mol. The third kappa shape index (κ3) is 9.29. The quantitative estimate of drug-likeness (QED) is 0.305. The normalized spacial score (nSPS) is 17.1. The number of carbonyl (C=O) groups excluding carboxylic acids is 2. The zero-order valence-electron chi connectivity index (χ0n) is 23.6. The van der Waals surface area contributed by atoms with Gasteiger partial charge in [0.05, 0.1) is 5.56 Å². The van der Waals surface area contributed by atoms with Crippen molar-refractivity contribution in [3.05, 3.63) is 69.4 Å². The van der Waals surface area contributed by atoms with Gasteiger partial charge < -0.3 is 14.7 Å². The van der Waals surface area contributed by atoms with Gasteiger partial charge in [0.25, 0.3) is 5.91 Å². The summed E-state index contributed by atoms with van der Waals surface area (Å²) in [6.45, 7) is 8.07. The van der Waals surface area contributed by atoms with Gasteiger partial charge in [0, 0.05) is 81.3 Å². The molecule has 2 aliphatic heterocycles. The van der Waals surface area contributed by atoms with Gasteiger partial charge in [-0.15, -0.1) is 24.8 Å². The Morgan fingerprint density at radius 2 is 1.64 bits per heavy atom. The van der Waals surface area contributed by atoms with Crippen LogP contribution in [0.25, 0.3) is 0 Å². The van der Waals surface area contributed by atoms with Gasteiger partial charge in [-0.2, -0.15) is 13.2 Å². The SMILES string of the molecule is CCC(=O)N1CCN(C2CN(CC[C@H](CN(C)C(=O)c3cc(Br)cc(C(F)(F)F)c3)c3ccc(F)cc3)C2)CC1.Cl.Cl. The summed E-state index contributed by atoms with van der Waals surface area (Å²) >= 11 is 3.09. The Balaban J connectivity index is 0.00000308. The average molecular weight is 700 g/mol. The molecule has 234 valence electrons. The molecule has 0 unspecified atom stereocenters. The standard InChI is InChI=1S/C29H35BrF4N4O2.2ClH/c1-3-27(39)38-12-10-37(11-13-38)26-18-36(19-26)9-8-21(20-4-6-25(31)7-5-20)17-35(2)28(40)22-14-23(29(32,33)34)16-24(30)15-22;;/h4-7,14-16,21,26H,3,8-13,17-19H2,1-2H3;2*1H/t21-;;/m1../s1. The Labute approximate surface area is 265 Å². The number of likely N-dealkylation sites (N-methyl/N-ethyl adjacent to an activating group) is 1. The van der Waals surface area contributed by atoms with Crippen LogP contribution < -0.4 is 0 Å². The second-order valence-electron chi connectivity index (χ2n) is 10.6. The van der Waals surface area contributed by atoms with Crippen molar-refractivity contribution in [3.8, 4) is 0 Å². The van der Waals surface area contributed by atoms with E-state index in [1.165, 1.54) is 23.1 Å². The summed E-state index contributed by atoms with van der Waals surface area (Å²) in [5.74, 6) is -0.784. The molecule has 6 nitrogen and oxygen atoms in total. The van der Waals surface area contributed by atoms with Gasteiger partial charge in [0.1, 0.15) is 5.82 Å². The van der Waals surface area contributed by atoms with Gasteiger partial charge in [-0.3, -0.25) is 14.5 Å². The molecular weight excluding hydrogens is 663 g/mol. The van der Waals surface area contributed by atoms with Crippen LogP contribution in [0, 0.1) is 5.82 Å². The van der Waals surface area contributed by atoms with Crippen LogP contribution in [0.2, 0.25) is 0 Å². The number of piperazine rings is 1.